The van der Waals surface area contributed by atoms with Crippen molar-refractivity contribution in [1.82, 2.24) is 10.1 Å². The number of ether oxygens (including phenoxy) is 2. The molecular weight excluding hydrogens is 396 g/mol. The standard InChI is InChI=1S/C21H19F2N3O4/c1-3-29-17-7-4-12(8-18(17)28-2)20-24-21(30-25-20)13-9-19(27)26(11-13)16-10-14(22)5-6-15(16)23/h4-8,10,13H,3,9,11H2,1-2H3. The molecule has 0 spiro atoms. The molecule has 1 saturated heterocycles. The van der Waals surface area contributed by atoms with Crippen LogP contribution in [0, 0.1) is 11.6 Å². The molecule has 1 fully saturated rings. The molecule has 0 N–H and O–H groups in total. The number of nitrogens with zero attached hydrogens (tertiary/aromatic N) is 3. The minimum absolute atomic E-state index is 0.0597. The van der Waals surface area contributed by atoms with E-state index in [-0.39, 0.29) is 30.5 Å². The van der Waals surface area contributed by atoms with Crippen molar-refractivity contribution in [3.8, 4) is 22.9 Å². The first-order chi connectivity index (χ1) is 14.5. The van der Waals surface area contributed by atoms with Gasteiger partial charge >= 0.3 is 0 Å². The summed E-state index contributed by atoms with van der Waals surface area (Å²) in [6.45, 7) is 2.49. The lowest BCUT2D eigenvalue weighted by Crippen LogP contribution is -2.25. The quantitative estimate of drug-likeness (QED) is 0.607. The summed E-state index contributed by atoms with van der Waals surface area (Å²) >= 11 is 0. The van der Waals surface area contributed by atoms with Crippen LogP contribution in [0.3, 0.4) is 0 Å². The minimum atomic E-state index is -0.668. The molecule has 1 unspecified atom stereocenters. The van der Waals surface area contributed by atoms with Gasteiger partial charge in [0, 0.05) is 24.6 Å². The Bertz CT molecular complexity index is 1090. The smallest absolute Gasteiger partial charge is 0.232 e. The zero-order valence-electron chi connectivity index (χ0n) is 16.4. The summed E-state index contributed by atoms with van der Waals surface area (Å²) in [5.74, 6) is -0.339. The van der Waals surface area contributed by atoms with Crippen LogP contribution in [0.4, 0.5) is 14.5 Å². The number of hydrogen-bond donors (Lipinski definition) is 0. The maximum Gasteiger partial charge on any atom is 0.232 e. The summed E-state index contributed by atoms with van der Waals surface area (Å²) in [5, 5.41) is 3.99. The average Bonchev–Trinajstić information content (AvgIpc) is 3.37. The number of rotatable bonds is 6. The Labute approximate surface area is 171 Å². The van der Waals surface area contributed by atoms with Gasteiger partial charge in [0.25, 0.3) is 0 Å². The molecule has 4 rings (SSSR count). The van der Waals surface area contributed by atoms with Gasteiger partial charge in [-0.05, 0) is 37.3 Å². The highest BCUT2D eigenvalue weighted by atomic mass is 19.1. The van der Waals surface area contributed by atoms with Crippen molar-refractivity contribution in [3.63, 3.8) is 0 Å². The number of methoxy groups -OCH3 is 1. The van der Waals surface area contributed by atoms with Gasteiger partial charge < -0.3 is 18.9 Å². The first-order valence-corrected chi connectivity index (χ1v) is 9.40. The van der Waals surface area contributed by atoms with E-state index in [0.29, 0.717) is 29.5 Å². The van der Waals surface area contributed by atoms with Crippen molar-refractivity contribution in [3.05, 3.63) is 53.9 Å². The Morgan fingerprint density at radius 1 is 1.20 bits per heavy atom. The van der Waals surface area contributed by atoms with Crippen LogP contribution in [0.2, 0.25) is 0 Å². The summed E-state index contributed by atoms with van der Waals surface area (Å²) in [7, 11) is 1.54. The summed E-state index contributed by atoms with van der Waals surface area (Å²) in [5.41, 5.74) is 0.557. The number of benzene rings is 2. The van der Waals surface area contributed by atoms with E-state index in [1.165, 1.54) is 12.0 Å². The lowest BCUT2D eigenvalue weighted by molar-refractivity contribution is -0.117. The fourth-order valence-electron chi connectivity index (χ4n) is 3.40. The number of hydrogen-bond acceptors (Lipinski definition) is 6. The molecule has 3 aromatic rings. The molecule has 2 aromatic carbocycles. The Morgan fingerprint density at radius 3 is 2.80 bits per heavy atom. The van der Waals surface area contributed by atoms with Crippen LogP contribution in [0.25, 0.3) is 11.4 Å². The molecule has 0 aliphatic carbocycles. The van der Waals surface area contributed by atoms with Gasteiger partial charge in [-0.15, -0.1) is 0 Å². The Morgan fingerprint density at radius 2 is 2.03 bits per heavy atom. The van der Waals surface area contributed by atoms with E-state index in [2.05, 4.69) is 10.1 Å². The Hall–Kier alpha value is -3.49. The second-order valence-corrected chi connectivity index (χ2v) is 6.76. The van der Waals surface area contributed by atoms with Gasteiger partial charge in [0.05, 0.1) is 25.3 Å². The lowest BCUT2D eigenvalue weighted by Gasteiger charge is -2.16. The largest absolute Gasteiger partial charge is 0.493 e. The number of amides is 1. The first kappa shape index (κ1) is 19.8. The van der Waals surface area contributed by atoms with E-state index in [0.717, 1.165) is 18.2 Å². The number of anilines is 1. The highest BCUT2D eigenvalue weighted by Crippen LogP contribution is 2.35. The number of carbonyl (C=O) groups is 1. The molecule has 1 atom stereocenters. The summed E-state index contributed by atoms with van der Waals surface area (Å²) in [4.78, 5) is 18.0. The number of carbonyl (C=O) groups excluding carboxylic acids is 1. The lowest BCUT2D eigenvalue weighted by atomic mass is 10.1. The van der Waals surface area contributed by atoms with E-state index in [9.17, 15) is 13.6 Å². The third-order valence-corrected chi connectivity index (χ3v) is 4.84. The van der Waals surface area contributed by atoms with Crippen molar-refractivity contribution in [2.75, 3.05) is 25.2 Å². The highest BCUT2D eigenvalue weighted by Gasteiger charge is 2.36. The molecule has 156 valence electrons. The SMILES string of the molecule is CCOc1ccc(-c2noc(C3CC(=O)N(c4cc(F)ccc4F)C3)n2)cc1OC. The monoisotopic (exact) mass is 415 g/mol. The Balaban J connectivity index is 1.56. The fraction of sp³-hybridized carbons (Fsp3) is 0.286. The molecule has 0 bridgehead atoms. The molecule has 9 heteroatoms. The molecule has 0 saturated carbocycles. The molecule has 1 aliphatic heterocycles. The average molecular weight is 415 g/mol. The third kappa shape index (κ3) is 3.70. The van der Waals surface area contributed by atoms with E-state index in [1.807, 2.05) is 6.92 Å². The minimum Gasteiger partial charge on any atom is -0.493 e. The van der Waals surface area contributed by atoms with E-state index in [4.69, 9.17) is 14.0 Å². The Kier molecular flexibility index (Phi) is 5.35. The molecule has 1 aromatic heterocycles. The van der Waals surface area contributed by atoms with Gasteiger partial charge in [0.15, 0.2) is 11.5 Å². The third-order valence-electron chi connectivity index (χ3n) is 4.84. The maximum absolute atomic E-state index is 14.1. The van der Waals surface area contributed by atoms with Gasteiger partial charge in [-0.25, -0.2) is 8.78 Å². The summed E-state index contributed by atoms with van der Waals surface area (Å²) in [6, 6.07) is 8.26. The highest BCUT2D eigenvalue weighted by molar-refractivity contribution is 5.96. The molecular formula is C21H19F2N3O4. The van der Waals surface area contributed by atoms with Crippen molar-refractivity contribution < 1.29 is 27.6 Å². The first-order valence-electron chi connectivity index (χ1n) is 9.40. The van der Waals surface area contributed by atoms with Crippen LogP contribution in [-0.2, 0) is 4.79 Å². The van der Waals surface area contributed by atoms with Crippen LogP contribution in [0.1, 0.15) is 25.2 Å². The van der Waals surface area contributed by atoms with Crippen molar-refractivity contribution in [2.24, 2.45) is 0 Å². The van der Waals surface area contributed by atoms with Crippen LogP contribution in [0.15, 0.2) is 40.9 Å². The molecule has 7 nitrogen and oxygen atoms in total. The van der Waals surface area contributed by atoms with Crippen LogP contribution >= 0.6 is 0 Å². The second kappa shape index (κ2) is 8.10. The van der Waals surface area contributed by atoms with Crippen molar-refractivity contribution in [2.45, 2.75) is 19.3 Å². The zero-order chi connectivity index (χ0) is 21.3. The predicted octanol–water partition coefficient (Wildman–Crippen LogP) is 3.94. The van der Waals surface area contributed by atoms with Gasteiger partial charge in [-0.3, -0.25) is 4.79 Å². The zero-order valence-corrected chi connectivity index (χ0v) is 16.4. The topological polar surface area (TPSA) is 77.7 Å². The molecule has 2 heterocycles. The van der Waals surface area contributed by atoms with Crippen LogP contribution in [-0.4, -0.2) is 36.3 Å². The normalized spacial score (nSPS) is 16.2. The number of aromatic nitrogens is 2. The predicted molar refractivity (Wildman–Crippen MR) is 104 cm³/mol. The van der Waals surface area contributed by atoms with Crippen molar-refractivity contribution in [1.29, 1.82) is 0 Å². The fourth-order valence-corrected chi connectivity index (χ4v) is 3.40. The summed E-state index contributed by atoms with van der Waals surface area (Å²) in [6.07, 6.45) is 0.0597. The van der Waals surface area contributed by atoms with Gasteiger partial charge in [-0.2, -0.15) is 4.98 Å². The van der Waals surface area contributed by atoms with Gasteiger partial charge in [0.1, 0.15) is 11.6 Å². The molecule has 30 heavy (non-hydrogen) atoms. The van der Waals surface area contributed by atoms with Gasteiger partial charge in [-0.1, -0.05) is 5.16 Å². The number of halogens is 2. The van der Waals surface area contributed by atoms with E-state index >= 15 is 0 Å². The van der Waals surface area contributed by atoms with Crippen LogP contribution < -0.4 is 14.4 Å². The summed E-state index contributed by atoms with van der Waals surface area (Å²) < 4.78 is 43.8. The van der Waals surface area contributed by atoms with Gasteiger partial charge in [0.2, 0.25) is 17.6 Å². The molecule has 0 radical (unpaired) electrons. The van der Waals surface area contributed by atoms with E-state index in [1.54, 1.807) is 18.2 Å². The van der Waals surface area contributed by atoms with Crippen molar-refractivity contribution >= 4 is 11.6 Å². The molecule has 1 amide bonds. The molecule has 1 aliphatic rings. The maximum atomic E-state index is 14.1. The van der Waals surface area contributed by atoms with Crippen LogP contribution in [0.5, 0.6) is 11.5 Å². The second-order valence-electron chi connectivity index (χ2n) is 6.76. The van der Waals surface area contributed by atoms with E-state index < -0.39 is 17.6 Å².